The predicted octanol–water partition coefficient (Wildman–Crippen LogP) is 1.76. The van der Waals surface area contributed by atoms with E-state index in [9.17, 15) is 8.39 Å². The van der Waals surface area contributed by atoms with Crippen molar-refractivity contribution in [1.29, 1.82) is 0 Å². The molecule has 0 aromatic rings. The number of hydrogen-bond donors (Lipinski definition) is 0. The van der Waals surface area contributed by atoms with Crippen molar-refractivity contribution in [3.05, 3.63) is 0 Å². The molecule has 1 rings (SSSR count). The van der Waals surface area contributed by atoms with E-state index in [0.717, 1.165) is 0 Å². The van der Waals surface area contributed by atoms with Gasteiger partial charge in [-0.25, -0.2) is 0 Å². The van der Waals surface area contributed by atoms with Crippen LogP contribution in [-0.2, 0) is 18.3 Å². The van der Waals surface area contributed by atoms with Crippen LogP contribution in [0.1, 0.15) is 0 Å². The summed E-state index contributed by atoms with van der Waals surface area (Å²) < 4.78 is 43.3. The van der Waals surface area contributed by atoms with E-state index in [1.165, 1.54) is 7.11 Å². The van der Waals surface area contributed by atoms with Crippen LogP contribution >= 0.6 is 7.91 Å². The van der Waals surface area contributed by atoms with Gasteiger partial charge in [-0.05, 0) is 0 Å². The Morgan fingerprint density at radius 2 is 1.83 bits per heavy atom. The quantitative estimate of drug-likeness (QED) is 0.516. The first-order chi connectivity index (χ1) is 5.55. The third kappa shape index (κ3) is 2.57. The van der Waals surface area contributed by atoms with Gasteiger partial charge in [0.25, 0.3) is 0 Å². The van der Waals surface area contributed by atoms with Gasteiger partial charge in [-0.3, -0.25) is 0 Å². The minimum absolute atomic E-state index is 0.0957. The van der Waals surface area contributed by atoms with E-state index in [4.69, 9.17) is 0 Å². The summed E-state index contributed by atoms with van der Waals surface area (Å²) in [6, 6.07) is 0. The van der Waals surface area contributed by atoms with E-state index in [2.05, 4.69) is 18.3 Å². The van der Waals surface area contributed by atoms with Crippen LogP contribution < -0.4 is 0 Å². The normalized spacial score (nSPS) is 29.4. The Morgan fingerprint density at radius 3 is 2.33 bits per heavy atom. The molecule has 0 atom stereocenters. The van der Waals surface area contributed by atoms with Crippen LogP contribution in [0, 0.1) is 0 Å². The molecule has 1 aliphatic heterocycles. The average molecular weight is 204 g/mol. The van der Waals surface area contributed by atoms with Crippen molar-refractivity contribution in [2.24, 2.45) is 0 Å². The number of halogens is 2. The van der Waals surface area contributed by atoms with Gasteiger partial charge in [0.2, 0.25) is 0 Å². The Bertz CT molecular complexity index is 156. The van der Waals surface area contributed by atoms with E-state index in [0.29, 0.717) is 0 Å². The van der Waals surface area contributed by atoms with E-state index < -0.39 is 7.91 Å². The van der Waals surface area contributed by atoms with E-state index in [1.54, 1.807) is 0 Å². The summed E-state index contributed by atoms with van der Waals surface area (Å²) in [4.78, 5) is 0. The monoisotopic (exact) mass is 204 g/mol. The third-order valence-electron chi connectivity index (χ3n) is 1.25. The van der Waals surface area contributed by atoms with Crippen LogP contribution in [0.2, 0.25) is 0 Å². The summed E-state index contributed by atoms with van der Waals surface area (Å²) in [5.41, 5.74) is 0. The molecule has 0 radical (unpaired) electrons. The number of methoxy groups -OCH3 is 1. The summed E-state index contributed by atoms with van der Waals surface area (Å²) in [5, 5.41) is 0. The summed E-state index contributed by atoms with van der Waals surface area (Å²) in [6.45, 7) is -0.352. The molecule has 0 bridgehead atoms. The molecular formula is C5H11F2O4P. The molecule has 1 fully saturated rings. The molecule has 1 aliphatic rings. The van der Waals surface area contributed by atoms with Crippen molar-refractivity contribution in [2.45, 2.75) is 0 Å². The zero-order valence-corrected chi connectivity index (χ0v) is 7.56. The van der Waals surface area contributed by atoms with Crippen LogP contribution in [0.4, 0.5) is 8.39 Å². The minimum atomic E-state index is -5.67. The van der Waals surface area contributed by atoms with Crippen molar-refractivity contribution in [3.63, 3.8) is 0 Å². The van der Waals surface area contributed by atoms with Crippen molar-refractivity contribution >= 4 is 7.91 Å². The Balaban J connectivity index is 2.36. The summed E-state index contributed by atoms with van der Waals surface area (Å²) in [6.07, 6.45) is 0. The van der Waals surface area contributed by atoms with Crippen molar-refractivity contribution in [2.75, 3.05) is 33.5 Å². The molecular weight excluding hydrogens is 193 g/mol. The summed E-state index contributed by atoms with van der Waals surface area (Å²) in [7, 11) is -4.27. The van der Waals surface area contributed by atoms with Gasteiger partial charge < -0.3 is 0 Å². The molecule has 0 N–H and O–H groups in total. The second kappa shape index (κ2) is 3.47. The van der Waals surface area contributed by atoms with Crippen molar-refractivity contribution in [3.8, 4) is 0 Å². The summed E-state index contributed by atoms with van der Waals surface area (Å²) in [5.74, 6) is 0. The van der Waals surface area contributed by atoms with Crippen molar-refractivity contribution < 1.29 is 26.7 Å². The van der Waals surface area contributed by atoms with Crippen LogP contribution in [0.3, 0.4) is 0 Å². The fourth-order valence-corrected chi connectivity index (χ4v) is 2.05. The number of hydrogen-bond acceptors (Lipinski definition) is 4. The molecule has 0 amide bonds. The van der Waals surface area contributed by atoms with Gasteiger partial charge >= 0.3 is 68.1 Å². The van der Waals surface area contributed by atoms with Gasteiger partial charge in [-0.2, -0.15) is 0 Å². The molecule has 0 unspecified atom stereocenters. The molecule has 4 nitrogen and oxygen atoms in total. The molecule has 74 valence electrons. The van der Waals surface area contributed by atoms with Gasteiger partial charge in [0.05, 0.1) is 0 Å². The third-order valence-corrected chi connectivity index (χ3v) is 3.02. The zero-order chi connectivity index (χ0) is 9.10. The Kier molecular flexibility index (Phi) is 2.96. The van der Waals surface area contributed by atoms with Gasteiger partial charge in [0.1, 0.15) is 0 Å². The first-order valence-corrected chi connectivity index (χ1v) is 5.22. The maximum atomic E-state index is 13.1. The molecule has 0 aromatic carbocycles. The van der Waals surface area contributed by atoms with E-state index >= 15 is 0 Å². The van der Waals surface area contributed by atoms with Gasteiger partial charge in [-0.15, -0.1) is 0 Å². The molecule has 7 heteroatoms. The van der Waals surface area contributed by atoms with Crippen LogP contribution in [0.5, 0.6) is 0 Å². The second-order valence-electron chi connectivity index (χ2n) is 2.19. The topological polar surface area (TPSA) is 36.9 Å². The van der Waals surface area contributed by atoms with Gasteiger partial charge in [0.15, 0.2) is 0 Å². The van der Waals surface area contributed by atoms with Gasteiger partial charge in [-0.1, -0.05) is 0 Å². The molecule has 12 heavy (non-hydrogen) atoms. The molecule has 0 aliphatic carbocycles. The molecule has 0 spiro atoms. The predicted molar refractivity (Wildman–Crippen MR) is 38.9 cm³/mol. The average Bonchev–Trinajstić information content (AvgIpc) is 2.33. The Labute approximate surface area is 69.2 Å². The standard InChI is InChI=1S/C5H11F2O4P/c1-8-2-3-9-12(6,7)10-4-5-11-12/h2-5H2,1H3. The molecule has 0 saturated carbocycles. The van der Waals surface area contributed by atoms with Crippen LogP contribution in [0.15, 0.2) is 0 Å². The molecule has 1 saturated heterocycles. The fraction of sp³-hybridized carbons (Fsp3) is 1.00. The number of ether oxygens (including phenoxy) is 1. The zero-order valence-electron chi connectivity index (χ0n) is 6.66. The Morgan fingerprint density at radius 1 is 1.25 bits per heavy atom. The van der Waals surface area contributed by atoms with Crippen molar-refractivity contribution in [1.82, 2.24) is 0 Å². The van der Waals surface area contributed by atoms with Gasteiger partial charge in [0, 0.05) is 0 Å². The first kappa shape index (κ1) is 10.2. The van der Waals surface area contributed by atoms with E-state index in [1.807, 2.05) is 0 Å². The van der Waals surface area contributed by atoms with Crippen LogP contribution in [0.25, 0.3) is 0 Å². The maximum absolute atomic E-state index is 13.1. The SMILES string of the molecule is COCCOP1(F)(F)OCCO1. The summed E-state index contributed by atoms with van der Waals surface area (Å²) >= 11 is 0. The fourth-order valence-electron chi connectivity index (χ4n) is 0.738. The van der Waals surface area contributed by atoms with Crippen LogP contribution in [-0.4, -0.2) is 33.5 Å². The second-order valence-corrected chi connectivity index (χ2v) is 4.37. The van der Waals surface area contributed by atoms with E-state index in [-0.39, 0.29) is 26.4 Å². The Hall–Kier alpha value is 0.130. The molecule has 0 aromatic heterocycles. The first-order valence-electron chi connectivity index (χ1n) is 3.45. The molecule has 1 heterocycles. The number of rotatable bonds is 4.